The van der Waals surface area contributed by atoms with E-state index < -0.39 is 11.7 Å². The van der Waals surface area contributed by atoms with Gasteiger partial charge in [-0.2, -0.15) is 0 Å². The van der Waals surface area contributed by atoms with Gasteiger partial charge < -0.3 is 5.11 Å². The summed E-state index contributed by atoms with van der Waals surface area (Å²) in [6.07, 6.45) is -1.51. The molecule has 2 atom stereocenters. The second kappa shape index (κ2) is 3.47. The van der Waals surface area contributed by atoms with E-state index in [1.165, 1.54) is 0 Å². The van der Waals surface area contributed by atoms with Crippen molar-refractivity contribution in [2.75, 3.05) is 5.88 Å². The van der Waals surface area contributed by atoms with Crippen LogP contribution in [0, 0.1) is 0 Å². The summed E-state index contributed by atoms with van der Waals surface area (Å²) < 4.78 is 11.7. The molecule has 0 fully saturated rings. The second-order valence-corrected chi connectivity index (χ2v) is 1.80. The molecule has 0 saturated heterocycles. The van der Waals surface area contributed by atoms with Crippen molar-refractivity contribution in [1.82, 2.24) is 0 Å². The first-order valence-corrected chi connectivity index (χ1v) is 2.67. The van der Waals surface area contributed by atoms with Crippen LogP contribution in [0.3, 0.4) is 0 Å². The Kier molecular flexibility index (Phi) is 3.70. The minimum Gasteiger partial charge on any atom is -0.375 e. The molecule has 0 rings (SSSR count). The maximum atomic E-state index is 11.7. The molecule has 4 heteroatoms. The molecule has 0 spiro atoms. The van der Waals surface area contributed by atoms with Crippen molar-refractivity contribution in [2.45, 2.75) is 11.7 Å². The third-order valence-electron chi connectivity index (χ3n) is 0.446. The third kappa shape index (κ3) is 3.09. The minimum absolute atomic E-state index is 0.259. The van der Waals surface area contributed by atoms with Gasteiger partial charge in [0.1, 0.15) is 0 Å². The van der Waals surface area contributed by atoms with Crippen LogP contribution in [-0.2, 0) is 0 Å². The van der Waals surface area contributed by atoms with Gasteiger partial charge >= 0.3 is 0 Å². The first-order valence-electron chi connectivity index (χ1n) is 1.70. The maximum absolute atomic E-state index is 11.7. The molecule has 0 amide bonds. The molecular formula is C3H5Cl2FO. The summed E-state index contributed by atoms with van der Waals surface area (Å²) in [5.41, 5.74) is -1.46. The molecule has 0 aromatic carbocycles. The standard InChI is InChI=1S/C3H5Cl2FO/c4-1-2(6)3(5)7/h2-3,7H,1H2. The van der Waals surface area contributed by atoms with Gasteiger partial charge in [0.2, 0.25) is 0 Å². The fourth-order valence-electron chi connectivity index (χ4n) is 0.0735. The lowest BCUT2D eigenvalue weighted by atomic mass is 10.5. The highest BCUT2D eigenvalue weighted by Crippen LogP contribution is 2.03. The average Bonchev–Trinajstić information content (AvgIpc) is 1.65. The molecule has 0 heterocycles. The fourth-order valence-corrected chi connectivity index (χ4v) is 0.423. The monoisotopic (exact) mass is 146 g/mol. The zero-order valence-electron chi connectivity index (χ0n) is 3.44. The number of hydrogen-bond donors (Lipinski definition) is 1. The molecule has 44 valence electrons. The summed E-state index contributed by atoms with van der Waals surface area (Å²) in [5, 5.41) is 8.13. The smallest absolute Gasteiger partial charge is 0.160 e. The predicted molar refractivity (Wildman–Crippen MR) is 27.5 cm³/mol. The fraction of sp³-hybridized carbons (Fsp3) is 1.00. The number of rotatable bonds is 2. The van der Waals surface area contributed by atoms with Crippen molar-refractivity contribution in [1.29, 1.82) is 0 Å². The molecule has 2 unspecified atom stereocenters. The molecule has 0 bridgehead atoms. The number of alkyl halides is 3. The molecule has 0 aliphatic carbocycles. The Balaban J connectivity index is 3.14. The molecule has 0 aliphatic heterocycles. The molecule has 0 aromatic heterocycles. The van der Waals surface area contributed by atoms with E-state index >= 15 is 0 Å². The van der Waals surface area contributed by atoms with Crippen LogP contribution >= 0.6 is 23.2 Å². The van der Waals surface area contributed by atoms with Crippen molar-refractivity contribution in [3.8, 4) is 0 Å². The molecule has 0 aromatic rings. The molecule has 0 radical (unpaired) electrons. The highest BCUT2D eigenvalue weighted by atomic mass is 35.5. The number of hydrogen-bond acceptors (Lipinski definition) is 1. The lowest BCUT2D eigenvalue weighted by Crippen LogP contribution is -2.16. The first-order chi connectivity index (χ1) is 3.18. The van der Waals surface area contributed by atoms with E-state index in [-0.39, 0.29) is 5.88 Å². The van der Waals surface area contributed by atoms with E-state index in [4.69, 9.17) is 28.3 Å². The normalized spacial score (nSPS) is 18.9. The Morgan fingerprint density at radius 2 is 2.14 bits per heavy atom. The van der Waals surface area contributed by atoms with Gasteiger partial charge in [-0.15, -0.1) is 11.6 Å². The molecule has 1 nitrogen and oxygen atoms in total. The van der Waals surface area contributed by atoms with Crippen LogP contribution in [0.15, 0.2) is 0 Å². The molecule has 7 heavy (non-hydrogen) atoms. The first kappa shape index (κ1) is 7.47. The summed E-state index contributed by atoms with van der Waals surface area (Å²) in [7, 11) is 0. The van der Waals surface area contributed by atoms with E-state index in [9.17, 15) is 4.39 Å². The van der Waals surface area contributed by atoms with Crippen LogP contribution < -0.4 is 0 Å². The van der Waals surface area contributed by atoms with Gasteiger partial charge in [-0.1, -0.05) is 11.6 Å². The topological polar surface area (TPSA) is 20.2 Å². The molecule has 1 N–H and O–H groups in total. The summed E-state index contributed by atoms with van der Waals surface area (Å²) in [5.74, 6) is -0.259. The van der Waals surface area contributed by atoms with E-state index in [0.717, 1.165) is 0 Å². The average molecular weight is 147 g/mol. The Hall–Kier alpha value is 0.470. The SMILES string of the molecule is OC(Cl)C(F)CCl. The lowest BCUT2D eigenvalue weighted by molar-refractivity contribution is 0.157. The lowest BCUT2D eigenvalue weighted by Gasteiger charge is -2.01. The molecular weight excluding hydrogens is 142 g/mol. The van der Waals surface area contributed by atoms with Gasteiger partial charge in [0.15, 0.2) is 11.7 Å². The van der Waals surface area contributed by atoms with Crippen molar-refractivity contribution < 1.29 is 9.50 Å². The highest BCUT2D eigenvalue weighted by Gasteiger charge is 2.12. The Morgan fingerprint density at radius 3 is 2.14 bits per heavy atom. The van der Waals surface area contributed by atoms with Crippen LogP contribution in [0.5, 0.6) is 0 Å². The van der Waals surface area contributed by atoms with Crippen molar-refractivity contribution in [2.24, 2.45) is 0 Å². The van der Waals surface area contributed by atoms with Gasteiger partial charge in [-0.3, -0.25) is 0 Å². The number of aliphatic hydroxyl groups is 1. The van der Waals surface area contributed by atoms with Gasteiger partial charge in [0.25, 0.3) is 0 Å². The summed E-state index contributed by atoms with van der Waals surface area (Å²) in [4.78, 5) is 0. The van der Waals surface area contributed by atoms with Gasteiger partial charge in [-0.25, -0.2) is 4.39 Å². The van der Waals surface area contributed by atoms with Crippen LogP contribution in [0.2, 0.25) is 0 Å². The third-order valence-corrected chi connectivity index (χ3v) is 1.01. The zero-order valence-corrected chi connectivity index (χ0v) is 4.95. The quantitative estimate of drug-likeness (QED) is 0.580. The summed E-state index contributed by atoms with van der Waals surface area (Å²) >= 11 is 9.75. The summed E-state index contributed by atoms with van der Waals surface area (Å²) in [6.45, 7) is 0. The van der Waals surface area contributed by atoms with Crippen molar-refractivity contribution >= 4 is 23.2 Å². The van der Waals surface area contributed by atoms with E-state index in [2.05, 4.69) is 0 Å². The largest absolute Gasteiger partial charge is 0.375 e. The van der Waals surface area contributed by atoms with Crippen LogP contribution in [0.25, 0.3) is 0 Å². The van der Waals surface area contributed by atoms with Gasteiger partial charge in [-0.05, 0) is 0 Å². The minimum atomic E-state index is -1.51. The van der Waals surface area contributed by atoms with Gasteiger partial charge in [0.05, 0.1) is 5.88 Å². The van der Waals surface area contributed by atoms with E-state index in [0.29, 0.717) is 0 Å². The van der Waals surface area contributed by atoms with Crippen LogP contribution in [0.4, 0.5) is 4.39 Å². The Labute approximate surface area is 51.0 Å². The van der Waals surface area contributed by atoms with Crippen LogP contribution in [0.1, 0.15) is 0 Å². The molecule has 0 saturated carbocycles. The van der Waals surface area contributed by atoms with E-state index in [1.807, 2.05) is 0 Å². The number of halogens is 3. The van der Waals surface area contributed by atoms with E-state index in [1.54, 1.807) is 0 Å². The predicted octanol–water partition coefficient (Wildman–Crippen LogP) is 1.12. The Bertz CT molecular complexity index is 50.2. The Morgan fingerprint density at radius 1 is 1.71 bits per heavy atom. The summed E-state index contributed by atoms with van der Waals surface area (Å²) in [6, 6.07) is 0. The van der Waals surface area contributed by atoms with Gasteiger partial charge in [0, 0.05) is 0 Å². The highest BCUT2D eigenvalue weighted by molar-refractivity contribution is 6.22. The molecule has 0 aliphatic rings. The number of aliphatic hydroxyl groups excluding tert-OH is 1. The second-order valence-electron chi connectivity index (χ2n) is 1.04. The maximum Gasteiger partial charge on any atom is 0.160 e. The van der Waals surface area contributed by atoms with Crippen molar-refractivity contribution in [3.63, 3.8) is 0 Å². The van der Waals surface area contributed by atoms with Crippen molar-refractivity contribution in [3.05, 3.63) is 0 Å². The van der Waals surface area contributed by atoms with Crippen LogP contribution in [-0.4, -0.2) is 22.7 Å². The zero-order chi connectivity index (χ0) is 5.86.